The normalized spacial score (nSPS) is 13.9. The quantitative estimate of drug-likeness (QED) is 0.259. The van der Waals surface area contributed by atoms with Crippen molar-refractivity contribution in [3.8, 4) is 11.5 Å². The van der Waals surface area contributed by atoms with Gasteiger partial charge in [0, 0.05) is 43.1 Å². The van der Waals surface area contributed by atoms with Crippen LogP contribution >= 0.6 is 11.6 Å². The largest absolute Gasteiger partial charge is 0.486 e. The Kier molecular flexibility index (Phi) is 11.5. The molecule has 1 aliphatic rings. The molecule has 0 bridgehead atoms. The molecule has 44 heavy (non-hydrogen) atoms. The van der Waals surface area contributed by atoms with E-state index in [0.717, 1.165) is 18.2 Å². The Balaban J connectivity index is 1.59. The Hall–Kier alpha value is -3.76. The molecule has 3 aromatic carbocycles. The minimum absolute atomic E-state index is 0.0168. The summed E-state index contributed by atoms with van der Waals surface area (Å²) in [5, 5.41) is 3.54. The Labute approximate surface area is 265 Å². The highest BCUT2D eigenvalue weighted by Gasteiger charge is 2.31. The maximum atomic E-state index is 14.0. The summed E-state index contributed by atoms with van der Waals surface area (Å²) in [5.74, 6) is 0.498. The molecule has 3 aromatic rings. The number of nitrogens with one attached hydrogen (secondary N) is 1. The zero-order valence-corrected chi connectivity index (χ0v) is 26.9. The molecule has 0 spiro atoms. The first-order chi connectivity index (χ1) is 21.1. The number of nitrogens with zero attached hydrogens (tertiary/aromatic N) is 2. The van der Waals surface area contributed by atoms with Gasteiger partial charge in [-0.3, -0.25) is 13.9 Å². The number of hydrogen-bond acceptors (Lipinski definition) is 6. The first-order valence-corrected chi connectivity index (χ1v) is 17.0. The van der Waals surface area contributed by atoms with Crippen LogP contribution in [0.1, 0.15) is 44.2 Å². The molecule has 0 radical (unpaired) electrons. The number of carbonyl (C=O) groups excluding carboxylic acids is 2. The van der Waals surface area contributed by atoms with E-state index >= 15 is 0 Å². The van der Waals surface area contributed by atoms with Crippen molar-refractivity contribution in [2.45, 2.75) is 58.2 Å². The first kappa shape index (κ1) is 33.1. The SMILES string of the molecule is CC[C@@H](C)NC(=O)[C@H](Cc1ccccc1)N(Cc1ccccc1Cl)C(=O)CCCN(c1ccc2c(c1)OCCO2)S(C)(=O)=O. The van der Waals surface area contributed by atoms with Gasteiger partial charge in [0.15, 0.2) is 11.5 Å². The molecule has 1 aliphatic heterocycles. The van der Waals surface area contributed by atoms with E-state index in [1.807, 2.05) is 62.4 Å². The van der Waals surface area contributed by atoms with Crippen LogP contribution < -0.4 is 19.1 Å². The molecule has 0 aromatic heterocycles. The summed E-state index contributed by atoms with van der Waals surface area (Å²) in [5.41, 5.74) is 2.05. The zero-order chi connectivity index (χ0) is 31.7. The third kappa shape index (κ3) is 8.89. The van der Waals surface area contributed by atoms with Gasteiger partial charge in [0.25, 0.3) is 0 Å². The monoisotopic (exact) mass is 641 g/mol. The summed E-state index contributed by atoms with van der Waals surface area (Å²) in [6, 6.07) is 20.9. The summed E-state index contributed by atoms with van der Waals surface area (Å²) in [4.78, 5) is 29.3. The summed E-state index contributed by atoms with van der Waals surface area (Å²) in [6.07, 6.45) is 2.42. The minimum Gasteiger partial charge on any atom is -0.486 e. The maximum absolute atomic E-state index is 14.0. The Morgan fingerprint density at radius 1 is 0.977 bits per heavy atom. The average molecular weight is 642 g/mol. The van der Waals surface area contributed by atoms with Gasteiger partial charge in [0.2, 0.25) is 21.8 Å². The summed E-state index contributed by atoms with van der Waals surface area (Å²) < 4.78 is 38.1. The number of hydrogen-bond donors (Lipinski definition) is 1. The van der Waals surface area contributed by atoms with Crippen LogP contribution in [0.4, 0.5) is 5.69 Å². The van der Waals surface area contributed by atoms with Crippen LogP contribution in [0.5, 0.6) is 11.5 Å². The number of rotatable bonds is 14. The van der Waals surface area contributed by atoms with Gasteiger partial charge >= 0.3 is 0 Å². The highest BCUT2D eigenvalue weighted by Crippen LogP contribution is 2.35. The predicted octanol–water partition coefficient (Wildman–Crippen LogP) is 5.21. The van der Waals surface area contributed by atoms with Crippen LogP contribution in [0.15, 0.2) is 72.8 Å². The van der Waals surface area contributed by atoms with E-state index in [-0.39, 0.29) is 43.8 Å². The van der Waals surface area contributed by atoms with Gasteiger partial charge in [-0.05, 0) is 49.1 Å². The third-order valence-electron chi connectivity index (χ3n) is 7.54. The van der Waals surface area contributed by atoms with E-state index in [1.54, 1.807) is 29.2 Å². The molecule has 236 valence electrons. The van der Waals surface area contributed by atoms with E-state index < -0.39 is 16.1 Å². The molecule has 9 nitrogen and oxygen atoms in total. The number of ether oxygens (including phenoxy) is 2. The Morgan fingerprint density at radius 2 is 1.66 bits per heavy atom. The molecule has 0 fully saturated rings. The zero-order valence-electron chi connectivity index (χ0n) is 25.4. The van der Waals surface area contributed by atoms with Crippen molar-refractivity contribution >= 4 is 39.1 Å². The average Bonchev–Trinajstić information content (AvgIpc) is 3.01. The van der Waals surface area contributed by atoms with E-state index in [4.69, 9.17) is 21.1 Å². The topological polar surface area (TPSA) is 105 Å². The number of fused-ring (bicyclic) bond motifs is 1. The van der Waals surface area contributed by atoms with Gasteiger partial charge in [0.1, 0.15) is 19.3 Å². The second-order valence-corrected chi connectivity index (χ2v) is 13.2. The summed E-state index contributed by atoms with van der Waals surface area (Å²) in [6.45, 7) is 4.90. The van der Waals surface area contributed by atoms with Crippen LogP contribution in [-0.2, 0) is 32.6 Å². The van der Waals surface area contributed by atoms with Crippen molar-refractivity contribution in [1.82, 2.24) is 10.2 Å². The third-order valence-corrected chi connectivity index (χ3v) is 9.10. The van der Waals surface area contributed by atoms with Gasteiger partial charge in [0.05, 0.1) is 11.9 Å². The molecular formula is C33H40ClN3O6S. The number of sulfonamides is 1. The minimum atomic E-state index is -3.67. The van der Waals surface area contributed by atoms with Crippen molar-refractivity contribution in [3.05, 3.63) is 88.9 Å². The highest BCUT2D eigenvalue weighted by atomic mass is 35.5. The molecule has 0 aliphatic carbocycles. The molecule has 0 saturated carbocycles. The van der Waals surface area contributed by atoms with Crippen molar-refractivity contribution in [2.24, 2.45) is 0 Å². The van der Waals surface area contributed by atoms with E-state index in [0.29, 0.717) is 47.4 Å². The molecule has 1 heterocycles. The van der Waals surface area contributed by atoms with Gasteiger partial charge in [-0.2, -0.15) is 0 Å². The van der Waals surface area contributed by atoms with Gasteiger partial charge < -0.3 is 19.7 Å². The second-order valence-electron chi connectivity index (χ2n) is 10.9. The molecule has 1 N–H and O–H groups in total. The molecule has 2 amide bonds. The van der Waals surface area contributed by atoms with Crippen LogP contribution in [-0.4, -0.2) is 63.2 Å². The Bertz CT molecular complexity index is 1540. The number of halogens is 1. The fourth-order valence-electron chi connectivity index (χ4n) is 5.00. The van der Waals surface area contributed by atoms with Crippen molar-refractivity contribution in [1.29, 1.82) is 0 Å². The second kappa shape index (κ2) is 15.3. The summed E-state index contributed by atoms with van der Waals surface area (Å²) in [7, 11) is -3.67. The lowest BCUT2D eigenvalue weighted by atomic mass is 10.0. The van der Waals surface area contributed by atoms with Crippen molar-refractivity contribution in [2.75, 3.05) is 30.3 Å². The van der Waals surface area contributed by atoms with Crippen molar-refractivity contribution < 1.29 is 27.5 Å². The Morgan fingerprint density at radius 3 is 2.34 bits per heavy atom. The van der Waals surface area contributed by atoms with Crippen LogP contribution in [0.25, 0.3) is 0 Å². The van der Waals surface area contributed by atoms with Crippen molar-refractivity contribution in [3.63, 3.8) is 0 Å². The number of anilines is 1. The van der Waals surface area contributed by atoms with E-state index in [2.05, 4.69) is 5.32 Å². The molecule has 4 rings (SSSR count). The molecule has 11 heteroatoms. The van der Waals surface area contributed by atoms with E-state index in [9.17, 15) is 18.0 Å². The number of carbonyl (C=O) groups is 2. The number of amides is 2. The van der Waals surface area contributed by atoms with Crippen LogP contribution in [0, 0.1) is 0 Å². The molecule has 2 atom stereocenters. The lowest BCUT2D eigenvalue weighted by Gasteiger charge is -2.33. The predicted molar refractivity (Wildman–Crippen MR) is 173 cm³/mol. The standard InChI is InChI=1S/C33H40ClN3O6S/c1-4-24(2)35-33(39)29(21-25-11-6-5-7-12-25)36(23-26-13-8-9-14-28(26)34)32(38)15-10-18-37(44(3,40)41)27-16-17-30-31(22-27)43-20-19-42-30/h5-9,11-14,16-17,22,24,29H,4,10,15,18-21,23H2,1-3H3,(H,35,39)/t24-,29+/m1/s1. The lowest BCUT2D eigenvalue weighted by molar-refractivity contribution is -0.141. The van der Waals surface area contributed by atoms with E-state index in [1.165, 1.54) is 4.31 Å². The lowest BCUT2D eigenvalue weighted by Crippen LogP contribution is -2.52. The fourth-order valence-corrected chi connectivity index (χ4v) is 6.15. The fraction of sp³-hybridized carbons (Fsp3) is 0.394. The molecule has 0 unspecified atom stereocenters. The van der Waals surface area contributed by atoms with Crippen LogP contribution in [0.2, 0.25) is 5.02 Å². The van der Waals surface area contributed by atoms with Crippen LogP contribution in [0.3, 0.4) is 0 Å². The maximum Gasteiger partial charge on any atom is 0.243 e. The van der Waals surface area contributed by atoms with Gasteiger partial charge in [-0.25, -0.2) is 8.42 Å². The van der Waals surface area contributed by atoms with Gasteiger partial charge in [-0.1, -0.05) is 67.1 Å². The molecular weight excluding hydrogens is 602 g/mol. The number of benzene rings is 3. The molecule has 0 saturated heterocycles. The summed E-state index contributed by atoms with van der Waals surface area (Å²) >= 11 is 6.51. The van der Waals surface area contributed by atoms with Gasteiger partial charge in [-0.15, -0.1) is 0 Å². The smallest absolute Gasteiger partial charge is 0.243 e. The highest BCUT2D eigenvalue weighted by molar-refractivity contribution is 7.92. The first-order valence-electron chi connectivity index (χ1n) is 14.8.